The molecule has 1 aliphatic rings. The van der Waals surface area contributed by atoms with Crippen LogP contribution in [0.4, 0.5) is 4.79 Å². The first kappa shape index (κ1) is 15.2. The molecule has 2 atom stereocenters. The fourth-order valence-corrected chi connectivity index (χ4v) is 1.76. The highest BCUT2D eigenvalue weighted by Gasteiger charge is 2.20. The van der Waals surface area contributed by atoms with Crippen molar-refractivity contribution in [2.45, 2.75) is 31.9 Å². The number of rotatable bonds is 5. The zero-order valence-electron chi connectivity index (χ0n) is 10.8. The lowest BCUT2D eigenvalue weighted by atomic mass is 10.0. The van der Waals surface area contributed by atoms with Gasteiger partial charge in [0.25, 0.3) is 0 Å². The third-order valence-electron chi connectivity index (χ3n) is 2.67. The minimum atomic E-state index is -1.13. The van der Waals surface area contributed by atoms with Crippen LogP contribution < -0.4 is 16.0 Å². The van der Waals surface area contributed by atoms with Gasteiger partial charge in [-0.05, 0) is 19.8 Å². The van der Waals surface area contributed by atoms with Crippen molar-refractivity contribution in [1.82, 2.24) is 16.0 Å². The predicted molar refractivity (Wildman–Crippen MR) is 65.6 cm³/mol. The number of carboxylic acids is 1. The Labute approximate surface area is 110 Å². The number of nitrogens with one attached hydrogen (secondary N) is 3. The summed E-state index contributed by atoms with van der Waals surface area (Å²) < 4.78 is 5.35. The molecule has 0 bridgehead atoms. The summed E-state index contributed by atoms with van der Waals surface area (Å²) in [6, 6.07) is -0.407. The average Bonchev–Trinajstić information content (AvgIpc) is 2.34. The van der Waals surface area contributed by atoms with Crippen LogP contribution in [0.1, 0.15) is 19.8 Å². The van der Waals surface area contributed by atoms with Crippen molar-refractivity contribution in [3.05, 3.63) is 0 Å². The molecule has 3 amide bonds. The number of urea groups is 1. The number of hydrogen-bond acceptors (Lipinski definition) is 4. The summed E-state index contributed by atoms with van der Waals surface area (Å²) in [6.45, 7) is 1.83. The van der Waals surface area contributed by atoms with Crippen LogP contribution in [0, 0.1) is 0 Å². The van der Waals surface area contributed by atoms with Gasteiger partial charge in [-0.1, -0.05) is 0 Å². The van der Waals surface area contributed by atoms with Crippen molar-refractivity contribution < 1.29 is 24.2 Å². The molecule has 0 aliphatic carbocycles. The Bertz CT molecular complexity index is 347. The number of carbonyl (C=O) groups is 3. The molecule has 4 N–H and O–H groups in total. The highest BCUT2D eigenvalue weighted by molar-refractivity contribution is 5.86. The van der Waals surface area contributed by atoms with E-state index >= 15 is 0 Å². The largest absolute Gasteiger partial charge is 0.480 e. The van der Waals surface area contributed by atoms with Crippen LogP contribution in [0.25, 0.3) is 0 Å². The maximum Gasteiger partial charge on any atom is 0.322 e. The van der Waals surface area contributed by atoms with Crippen LogP contribution >= 0.6 is 0 Å². The van der Waals surface area contributed by atoms with Crippen LogP contribution in [0.5, 0.6) is 0 Å². The zero-order chi connectivity index (χ0) is 14.3. The topological polar surface area (TPSA) is 117 Å². The Hall–Kier alpha value is -1.83. The van der Waals surface area contributed by atoms with Gasteiger partial charge >= 0.3 is 12.0 Å². The van der Waals surface area contributed by atoms with Gasteiger partial charge < -0.3 is 25.8 Å². The Morgan fingerprint density at radius 1 is 1.26 bits per heavy atom. The van der Waals surface area contributed by atoms with Crippen molar-refractivity contribution in [1.29, 1.82) is 0 Å². The Kier molecular flexibility index (Phi) is 6.07. The van der Waals surface area contributed by atoms with E-state index in [0.717, 1.165) is 12.8 Å². The van der Waals surface area contributed by atoms with E-state index in [0.29, 0.717) is 6.61 Å². The third kappa shape index (κ3) is 6.61. The fourth-order valence-electron chi connectivity index (χ4n) is 1.76. The van der Waals surface area contributed by atoms with Crippen LogP contribution in [0.3, 0.4) is 0 Å². The van der Waals surface area contributed by atoms with E-state index in [2.05, 4.69) is 16.0 Å². The SMILES string of the molecule is CC1CC(NC(=O)NCC(=O)NCC(=O)O)CCO1. The lowest BCUT2D eigenvalue weighted by molar-refractivity contribution is -0.137. The predicted octanol–water partition coefficient (Wildman–Crippen LogP) is -0.946. The van der Waals surface area contributed by atoms with E-state index in [9.17, 15) is 14.4 Å². The number of ether oxygens (including phenoxy) is 1. The van der Waals surface area contributed by atoms with Gasteiger partial charge in [0.2, 0.25) is 5.91 Å². The summed E-state index contributed by atoms with van der Waals surface area (Å²) in [7, 11) is 0. The van der Waals surface area contributed by atoms with Crippen molar-refractivity contribution in [3.8, 4) is 0 Å². The minimum Gasteiger partial charge on any atom is -0.480 e. The number of amides is 3. The van der Waals surface area contributed by atoms with Gasteiger partial charge in [0.05, 0.1) is 12.6 Å². The standard InChI is InChI=1S/C11H19N3O5/c1-7-4-8(2-3-19-7)14-11(18)13-5-9(15)12-6-10(16)17/h7-8H,2-6H2,1H3,(H,12,15)(H,16,17)(H2,13,14,18). The molecule has 0 saturated carbocycles. The van der Waals surface area contributed by atoms with Gasteiger partial charge in [-0.3, -0.25) is 9.59 Å². The second-order valence-electron chi connectivity index (χ2n) is 4.40. The quantitative estimate of drug-likeness (QED) is 0.515. The highest BCUT2D eigenvalue weighted by atomic mass is 16.5. The van der Waals surface area contributed by atoms with Gasteiger partial charge in [-0.15, -0.1) is 0 Å². The zero-order valence-corrected chi connectivity index (χ0v) is 10.8. The maximum absolute atomic E-state index is 11.5. The number of carboxylic acid groups (broad SMARTS) is 1. The number of carbonyl (C=O) groups excluding carboxylic acids is 2. The molecule has 1 heterocycles. The van der Waals surface area contributed by atoms with Crippen LogP contribution in [-0.4, -0.2) is 54.9 Å². The van der Waals surface area contributed by atoms with E-state index in [1.54, 1.807) is 0 Å². The van der Waals surface area contributed by atoms with Crippen molar-refractivity contribution in [2.75, 3.05) is 19.7 Å². The summed E-state index contributed by atoms with van der Waals surface area (Å²) in [5.74, 6) is -1.67. The van der Waals surface area contributed by atoms with E-state index < -0.39 is 24.5 Å². The third-order valence-corrected chi connectivity index (χ3v) is 2.67. The number of hydrogen-bond donors (Lipinski definition) is 4. The molecule has 0 spiro atoms. The average molecular weight is 273 g/mol. The molecule has 1 rings (SSSR count). The fraction of sp³-hybridized carbons (Fsp3) is 0.727. The van der Waals surface area contributed by atoms with E-state index in [1.165, 1.54) is 0 Å². The summed E-state index contributed by atoms with van der Waals surface area (Å²) in [4.78, 5) is 32.9. The molecule has 2 unspecified atom stereocenters. The Morgan fingerprint density at radius 2 is 2.00 bits per heavy atom. The molecule has 1 aliphatic heterocycles. The molecule has 108 valence electrons. The van der Waals surface area contributed by atoms with Gasteiger partial charge in [-0.2, -0.15) is 0 Å². The molecule has 8 heteroatoms. The molecule has 19 heavy (non-hydrogen) atoms. The van der Waals surface area contributed by atoms with Crippen LogP contribution in [-0.2, 0) is 14.3 Å². The molecular formula is C11H19N3O5. The Balaban J connectivity index is 2.16. The van der Waals surface area contributed by atoms with Crippen molar-refractivity contribution in [2.24, 2.45) is 0 Å². The van der Waals surface area contributed by atoms with Gasteiger partial charge in [-0.25, -0.2) is 4.79 Å². The smallest absolute Gasteiger partial charge is 0.322 e. The van der Waals surface area contributed by atoms with Gasteiger partial charge in [0, 0.05) is 12.6 Å². The lowest BCUT2D eigenvalue weighted by Gasteiger charge is -2.27. The number of aliphatic carboxylic acids is 1. The minimum absolute atomic E-state index is 0.0332. The molecule has 0 aromatic heterocycles. The normalized spacial score (nSPS) is 22.4. The van der Waals surface area contributed by atoms with Gasteiger partial charge in [0.1, 0.15) is 6.54 Å². The maximum atomic E-state index is 11.5. The van der Waals surface area contributed by atoms with Crippen LogP contribution in [0.15, 0.2) is 0 Å². The van der Waals surface area contributed by atoms with Crippen molar-refractivity contribution >= 4 is 17.9 Å². The monoisotopic (exact) mass is 273 g/mol. The van der Waals surface area contributed by atoms with E-state index in [-0.39, 0.29) is 18.7 Å². The molecular weight excluding hydrogens is 254 g/mol. The molecule has 0 aromatic rings. The molecule has 1 fully saturated rings. The summed E-state index contributed by atoms with van der Waals surface area (Å²) in [6.07, 6.45) is 1.58. The summed E-state index contributed by atoms with van der Waals surface area (Å²) in [5, 5.41) is 15.6. The first-order valence-corrected chi connectivity index (χ1v) is 6.12. The molecule has 0 radical (unpaired) electrons. The Morgan fingerprint density at radius 3 is 2.63 bits per heavy atom. The molecule has 1 saturated heterocycles. The summed E-state index contributed by atoms with van der Waals surface area (Å²) in [5.41, 5.74) is 0. The summed E-state index contributed by atoms with van der Waals surface area (Å²) >= 11 is 0. The molecule has 0 aromatic carbocycles. The van der Waals surface area contributed by atoms with Crippen molar-refractivity contribution in [3.63, 3.8) is 0 Å². The van der Waals surface area contributed by atoms with Gasteiger partial charge in [0.15, 0.2) is 0 Å². The first-order valence-electron chi connectivity index (χ1n) is 6.12. The lowest BCUT2D eigenvalue weighted by Crippen LogP contribution is -2.48. The first-order chi connectivity index (χ1) is 8.97. The van der Waals surface area contributed by atoms with E-state index in [1.807, 2.05) is 6.92 Å². The van der Waals surface area contributed by atoms with E-state index in [4.69, 9.17) is 9.84 Å². The second-order valence-corrected chi connectivity index (χ2v) is 4.40. The molecule has 8 nitrogen and oxygen atoms in total. The second kappa shape index (κ2) is 7.57. The van der Waals surface area contributed by atoms with Crippen LogP contribution in [0.2, 0.25) is 0 Å². The highest BCUT2D eigenvalue weighted by Crippen LogP contribution is 2.12.